The molecule has 0 unspecified atom stereocenters. The number of carbonyl (C=O) groups is 1. The number of carbonyl (C=O) groups excluding carboxylic acids is 1. The molecule has 0 atom stereocenters. The number of anilines is 2. The molecule has 3 heterocycles. The Hall–Kier alpha value is -3.62. The zero-order valence-electron chi connectivity index (χ0n) is 19.2. The van der Waals surface area contributed by atoms with E-state index in [1.54, 1.807) is 17.9 Å². The van der Waals surface area contributed by atoms with Crippen molar-refractivity contribution in [1.82, 2.24) is 14.8 Å². The van der Waals surface area contributed by atoms with Crippen molar-refractivity contribution in [3.63, 3.8) is 0 Å². The average molecular weight is 466 g/mol. The van der Waals surface area contributed by atoms with E-state index in [4.69, 9.17) is 4.74 Å². The SMILES string of the molecule is COc1cc(-c2nn(C)cc2C)ccc1Nc1cc(CC(=O)C2CC2)nc2c1N=C(C(F)F)C2. The Kier molecular flexibility index (Phi) is 5.63. The van der Waals surface area contributed by atoms with Gasteiger partial charge in [-0.2, -0.15) is 5.10 Å². The Bertz CT molecular complexity index is 1310. The number of aliphatic imine (C=N–C) groups is 1. The number of nitrogens with one attached hydrogen (secondary N) is 1. The summed E-state index contributed by atoms with van der Waals surface area (Å²) in [5, 5.41) is 7.80. The van der Waals surface area contributed by atoms with E-state index in [0.29, 0.717) is 34.2 Å². The number of nitrogens with zero attached hydrogens (tertiary/aromatic N) is 4. The van der Waals surface area contributed by atoms with E-state index in [9.17, 15) is 13.6 Å². The number of hydrogen-bond donors (Lipinski definition) is 1. The molecule has 0 saturated heterocycles. The Labute approximate surface area is 195 Å². The van der Waals surface area contributed by atoms with Crippen molar-refractivity contribution >= 4 is 28.6 Å². The maximum atomic E-state index is 13.4. The minimum Gasteiger partial charge on any atom is -0.495 e. The van der Waals surface area contributed by atoms with Crippen LogP contribution in [0.1, 0.15) is 29.8 Å². The second-order valence-electron chi connectivity index (χ2n) is 8.83. The fourth-order valence-electron chi connectivity index (χ4n) is 4.27. The number of rotatable bonds is 8. The van der Waals surface area contributed by atoms with Crippen molar-refractivity contribution in [2.75, 3.05) is 12.4 Å². The minimum absolute atomic E-state index is 0.0256. The van der Waals surface area contributed by atoms with Crippen LogP contribution >= 0.6 is 0 Å². The van der Waals surface area contributed by atoms with E-state index >= 15 is 0 Å². The Balaban J connectivity index is 1.51. The van der Waals surface area contributed by atoms with Gasteiger partial charge in [-0.1, -0.05) is 6.07 Å². The quantitative estimate of drug-likeness (QED) is 0.509. The van der Waals surface area contributed by atoms with E-state index in [2.05, 4.69) is 20.4 Å². The number of halogens is 2. The van der Waals surface area contributed by atoms with Crippen LogP contribution in [-0.2, 0) is 24.7 Å². The zero-order valence-corrected chi connectivity index (χ0v) is 19.2. The number of aromatic nitrogens is 3. The second-order valence-corrected chi connectivity index (χ2v) is 8.83. The van der Waals surface area contributed by atoms with Gasteiger partial charge in [-0.05, 0) is 43.5 Å². The van der Waals surface area contributed by atoms with Crippen molar-refractivity contribution in [3.05, 3.63) is 47.4 Å². The van der Waals surface area contributed by atoms with Gasteiger partial charge >= 0.3 is 0 Å². The van der Waals surface area contributed by atoms with Gasteiger partial charge < -0.3 is 10.1 Å². The molecular weight excluding hydrogens is 440 g/mol. The van der Waals surface area contributed by atoms with Crippen LogP contribution in [0, 0.1) is 12.8 Å². The molecule has 3 aromatic rings. The summed E-state index contributed by atoms with van der Waals surface area (Å²) >= 11 is 0. The predicted molar refractivity (Wildman–Crippen MR) is 126 cm³/mol. The van der Waals surface area contributed by atoms with Crippen LogP contribution in [0.2, 0.25) is 0 Å². The third kappa shape index (κ3) is 4.30. The van der Waals surface area contributed by atoms with Crippen molar-refractivity contribution < 1.29 is 18.3 Å². The maximum absolute atomic E-state index is 13.4. The van der Waals surface area contributed by atoms with Crippen molar-refractivity contribution in [1.29, 1.82) is 0 Å². The molecular formula is C25H25F2N5O2. The Morgan fingerprint density at radius 2 is 2.06 bits per heavy atom. The van der Waals surface area contributed by atoms with Crippen LogP contribution < -0.4 is 10.1 Å². The summed E-state index contributed by atoms with van der Waals surface area (Å²) in [5.74, 6) is 0.806. The molecule has 2 aliphatic rings. The number of aryl methyl sites for hydroxylation is 2. The van der Waals surface area contributed by atoms with E-state index in [-0.39, 0.29) is 30.3 Å². The van der Waals surface area contributed by atoms with E-state index in [1.807, 2.05) is 38.4 Å². The van der Waals surface area contributed by atoms with Crippen LogP contribution in [0.25, 0.3) is 11.3 Å². The van der Waals surface area contributed by atoms with Crippen LogP contribution in [0.15, 0.2) is 35.5 Å². The lowest BCUT2D eigenvalue weighted by molar-refractivity contribution is -0.119. The standard InChI is InChI=1S/C25H25F2N5O2/c1-13-12-32(2)31-23(13)15-6-7-17(22(8-15)34-3)29-18-9-16(10-21(33)14-4-5-14)28-19-11-20(25(26)27)30-24(18)19/h6-9,12,14,25H,4-5,10-11H2,1-3H3,(H,28,29). The summed E-state index contributed by atoms with van der Waals surface area (Å²) < 4.78 is 34.1. The number of methoxy groups -OCH3 is 1. The molecule has 1 fully saturated rings. The molecule has 0 amide bonds. The topological polar surface area (TPSA) is 81.4 Å². The minimum atomic E-state index is -2.66. The molecule has 0 radical (unpaired) electrons. The molecule has 9 heteroatoms. The number of Topliss-reactive ketones (excluding diaryl/α,β-unsaturated/α-hetero) is 1. The molecule has 2 aromatic heterocycles. The number of alkyl halides is 2. The third-order valence-electron chi connectivity index (χ3n) is 6.12. The largest absolute Gasteiger partial charge is 0.495 e. The van der Waals surface area contributed by atoms with Gasteiger partial charge in [0.25, 0.3) is 6.43 Å². The highest BCUT2D eigenvalue weighted by molar-refractivity contribution is 5.99. The van der Waals surface area contributed by atoms with Gasteiger partial charge in [-0.15, -0.1) is 0 Å². The monoisotopic (exact) mass is 465 g/mol. The summed E-state index contributed by atoms with van der Waals surface area (Å²) in [6, 6.07) is 7.39. The van der Waals surface area contributed by atoms with Gasteiger partial charge in [0.15, 0.2) is 0 Å². The molecule has 0 spiro atoms. The summed E-state index contributed by atoms with van der Waals surface area (Å²) in [7, 11) is 3.44. The Morgan fingerprint density at radius 1 is 1.26 bits per heavy atom. The molecule has 7 nitrogen and oxygen atoms in total. The first-order chi connectivity index (χ1) is 16.3. The number of fused-ring (bicyclic) bond motifs is 1. The first-order valence-electron chi connectivity index (χ1n) is 11.2. The number of hydrogen-bond acceptors (Lipinski definition) is 6. The summed E-state index contributed by atoms with van der Waals surface area (Å²) in [6.07, 6.45) is 1.26. The second kappa shape index (κ2) is 8.62. The normalized spacial score (nSPS) is 14.8. The molecule has 1 N–H and O–H groups in total. The molecule has 1 saturated carbocycles. The highest BCUT2D eigenvalue weighted by Gasteiger charge is 2.31. The summed E-state index contributed by atoms with van der Waals surface area (Å²) in [4.78, 5) is 21.0. The third-order valence-corrected chi connectivity index (χ3v) is 6.12. The van der Waals surface area contributed by atoms with E-state index < -0.39 is 6.43 Å². The van der Waals surface area contributed by atoms with Gasteiger partial charge in [0.1, 0.15) is 17.2 Å². The lowest BCUT2D eigenvalue weighted by Gasteiger charge is -2.15. The highest BCUT2D eigenvalue weighted by Crippen LogP contribution is 2.40. The van der Waals surface area contributed by atoms with Gasteiger partial charge in [0, 0.05) is 37.6 Å². The van der Waals surface area contributed by atoms with Gasteiger partial charge in [0.2, 0.25) is 0 Å². The zero-order chi connectivity index (χ0) is 24.0. The van der Waals surface area contributed by atoms with E-state index in [1.165, 1.54) is 0 Å². The predicted octanol–water partition coefficient (Wildman–Crippen LogP) is 4.96. The van der Waals surface area contributed by atoms with Crippen molar-refractivity contribution in [2.24, 2.45) is 18.0 Å². The molecule has 5 rings (SSSR count). The molecule has 34 heavy (non-hydrogen) atoms. The summed E-state index contributed by atoms with van der Waals surface area (Å²) in [5.41, 5.74) is 5.14. The average Bonchev–Trinajstić information content (AvgIpc) is 3.47. The first-order valence-corrected chi connectivity index (χ1v) is 11.2. The maximum Gasteiger partial charge on any atom is 0.277 e. The van der Waals surface area contributed by atoms with E-state index in [0.717, 1.165) is 29.7 Å². The molecule has 1 aliphatic heterocycles. The number of benzene rings is 1. The number of ether oxygens (including phenoxy) is 1. The highest BCUT2D eigenvalue weighted by atomic mass is 19.3. The lowest BCUT2D eigenvalue weighted by atomic mass is 10.1. The fraction of sp³-hybridized carbons (Fsp3) is 0.360. The lowest BCUT2D eigenvalue weighted by Crippen LogP contribution is -2.11. The number of pyridine rings is 1. The fourth-order valence-corrected chi connectivity index (χ4v) is 4.27. The van der Waals surface area contributed by atoms with Gasteiger partial charge in [-0.3, -0.25) is 14.5 Å². The number of ketones is 1. The van der Waals surface area contributed by atoms with Crippen LogP contribution in [0.5, 0.6) is 5.75 Å². The van der Waals surface area contributed by atoms with Gasteiger partial charge in [-0.25, -0.2) is 13.8 Å². The summed E-state index contributed by atoms with van der Waals surface area (Å²) in [6.45, 7) is 1.99. The molecule has 0 bridgehead atoms. The van der Waals surface area contributed by atoms with Crippen LogP contribution in [0.4, 0.5) is 25.8 Å². The first kappa shape index (κ1) is 22.2. The van der Waals surface area contributed by atoms with Gasteiger partial charge in [0.05, 0.1) is 41.3 Å². The van der Waals surface area contributed by atoms with Crippen molar-refractivity contribution in [2.45, 2.75) is 39.0 Å². The van der Waals surface area contributed by atoms with Crippen molar-refractivity contribution in [3.8, 4) is 17.0 Å². The smallest absolute Gasteiger partial charge is 0.277 e. The molecule has 176 valence electrons. The van der Waals surface area contributed by atoms with Crippen LogP contribution in [0.3, 0.4) is 0 Å². The van der Waals surface area contributed by atoms with Crippen LogP contribution in [-0.4, -0.2) is 39.8 Å². The molecule has 1 aromatic carbocycles. The Morgan fingerprint density at radius 3 is 2.71 bits per heavy atom. The molecule has 1 aliphatic carbocycles.